The van der Waals surface area contributed by atoms with E-state index in [0.29, 0.717) is 26.9 Å². The number of hydrogen-bond acceptors (Lipinski definition) is 3. The van der Waals surface area contributed by atoms with Gasteiger partial charge in [0.2, 0.25) is 0 Å². The fourth-order valence-corrected chi connectivity index (χ4v) is 3.78. The Labute approximate surface area is 182 Å². The van der Waals surface area contributed by atoms with Crippen molar-refractivity contribution >= 4 is 51.2 Å². The molecule has 0 heterocycles. The second kappa shape index (κ2) is 9.44. The molecule has 0 saturated carbocycles. The van der Waals surface area contributed by atoms with Crippen LogP contribution in [0.15, 0.2) is 30.3 Å². The Morgan fingerprint density at radius 3 is 2.37 bits per heavy atom. The SMILES string of the molecule is CCC(=O)Oc1cccc(I)c1COc1cc(I)c(CC)cc1C(F)(F)F. The zero-order valence-corrected chi connectivity index (χ0v) is 18.9. The Morgan fingerprint density at radius 2 is 1.78 bits per heavy atom. The van der Waals surface area contributed by atoms with Crippen molar-refractivity contribution in [3.63, 3.8) is 0 Å². The number of benzene rings is 2. The lowest BCUT2D eigenvalue weighted by atomic mass is 10.1. The molecule has 2 rings (SSSR count). The molecule has 0 unspecified atom stereocenters. The molecule has 2 aromatic carbocycles. The summed E-state index contributed by atoms with van der Waals surface area (Å²) >= 11 is 4.04. The predicted octanol–water partition coefficient (Wildman–Crippen LogP) is 6.37. The Bertz CT molecular complexity index is 836. The Kier molecular flexibility index (Phi) is 7.78. The highest BCUT2D eigenvalue weighted by Gasteiger charge is 2.35. The summed E-state index contributed by atoms with van der Waals surface area (Å²) in [5, 5.41) is 0. The van der Waals surface area contributed by atoms with Crippen LogP contribution in [0.1, 0.15) is 37.0 Å². The third kappa shape index (κ3) is 5.72. The van der Waals surface area contributed by atoms with E-state index in [1.807, 2.05) is 45.2 Å². The van der Waals surface area contributed by atoms with E-state index in [0.717, 1.165) is 9.64 Å². The van der Waals surface area contributed by atoms with E-state index in [1.165, 1.54) is 6.07 Å². The van der Waals surface area contributed by atoms with Crippen LogP contribution in [0.2, 0.25) is 0 Å². The van der Waals surface area contributed by atoms with Gasteiger partial charge in [-0.15, -0.1) is 0 Å². The lowest BCUT2D eigenvalue weighted by Crippen LogP contribution is -2.12. The van der Waals surface area contributed by atoms with Crippen LogP contribution in [-0.2, 0) is 24.0 Å². The van der Waals surface area contributed by atoms with Crippen molar-refractivity contribution in [2.24, 2.45) is 0 Å². The van der Waals surface area contributed by atoms with E-state index < -0.39 is 17.7 Å². The van der Waals surface area contributed by atoms with Gasteiger partial charge in [0.25, 0.3) is 0 Å². The van der Waals surface area contributed by atoms with Gasteiger partial charge >= 0.3 is 12.1 Å². The van der Waals surface area contributed by atoms with Crippen LogP contribution in [0.4, 0.5) is 13.2 Å². The molecule has 27 heavy (non-hydrogen) atoms. The van der Waals surface area contributed by atoms with E-state index in [9.17, 15) is 18.0 Å². The summed E-state index contributed by atoms with van der Waals surface area (Å²) in [6.45, 7) is 3.33. The maximum atomic E-state index is 13.4. The number of aryl methyl sites for hydroxylation is 1. The Hall–Kier alpha value is -1.04. The van der Waals surface area contributed by atoms with Gasteiger partial charge in [0.1, 0.15) is 18.1 Å². The molecule has 146 valence electrons. The van der Waals surface area contributed by atoms with Crippen molar-refractivity contribution in [1.29, 1.82) is 0 Å². The maximum absolute atomic E-state index is 13.4. The summed E-state index contributed by atoms with van der Waals surface area (Å²) in [5.74, 6) is -0.366. The topological polar surface area (TPSA) is 35.5 Å². The average molecular weight is 604 g/mol. The van der Waals surface area contributed by atoms with Gasteiger partial charge in [-0.2, -0.15) is 13.2 Å². The minimum atomic E-state index is -4.52. The summed E-state index contributed by atoms with van der Waals surface area (Å²) in [4.78, 5) is 11.6. The molecule has 0 bridgehead atoms. The smallest absolute Gasteiger partial charge is 0.419 e. The summed E-state index contributed by atoms with van der Waals surface area (Å²) in [6, 6.07) is 7.62. The van der Waals surface area contributed by atoms with Crippen LogP contribution in [0.3, 0.4) is 0 Å². The van der Waals surface area contributed by atoms with E-state index in [2.05, 4.69) is 0 Å². The fourth-order valence-electron chi connectivity index (χ4n) is 2.33. The number of hydrogen-bond donors (Lipinski definition) is 0. The number of alkyl halides is 3. The molecule has 0 saturated heterocycles. The van der Waals surface area contributed by atoms with E-state index in [4.69, 9.17) is 9.47 Å². The van der Waals surface area contributed by atoms with Gasteiger partial charge in [0.15, 0.2) is 0 Å². The van der Waals surface area contributed by atoms with Crippen molar-refractivity contribution < 1.29 is 27.4 Å². The van der Waals surface area contributed by atoms with Crippen molar-refractivity contribution in [2.75, 3.05) is 0 Å². The van der Waals surface area contributed by atoms with Gasteiger partial charge in [-0.05, 0) is 81.4 Å². The van der Waals surface area contributed by atoms with Gasteiger partial charge in [0, 0.05) is 19.1 Å². The molecule has 0 spiro atoms. The first-order chi connectivity index (χ1) is 12.7. The van der Waals surface area contributed by atoms with Crippen LogP contribution in [0.25, 0.3) is 0 Å². The second-order valence-electron chi connectivity index (χ2n) is 5.62. The fraction of sp³-hybridized carbons (Fsp3) is 0.316. The minimum absolute atomic E-state index is 0.143. The van der Waals surface area contributed by atoms with Crippen LogP contribution >= 0.6 is 45.2 Å². The van der Waals surface area contributed by atoms with E-state index >= 15 is 0 Å². The van der Waals surface area contributed by atoms with E-state index in [-0.39, 0.29) is 18.8 Å². The monoisotopic (exact) mass is 604 g/mol. The average Bonchev–Trinajstić information content (AvgIpc) is 2.60. The molecule has 0 aliphatic carbocycles. The van der Waals surface area contributed by atoms with Crippen molar-refractivity contribution in [3.8, 4) is 11.5 Å². The zero-order chi connectivity index (χ0) is 20.2. The van der Waals surface area contributed by atoms with Crippen LogP contribution in [0.5, 0.6) is 11.5 Å². The summed E-state index contributed by atoms with van der Waals surface area (Å²) in [5.41, 5.74) is 0.336. The molecule has 0 fully saturated rings. The number of carbonyl (C=O) groups is 1. The van der Waals surface area contributed by atoms with Gasteiger partial charge in [0.05, 0.1) is 5.56 Å². The molecule has 0 radical (unpaired) electrons. The Morgan fingerprint density at radius 1 is 1.07 bits per heavy atom. The molecule has 0 amide bonds. The molecular weight excluding hydrogens is 587 g/mol. The number of carbonyl (C=O) groups excluding carboxylic acids is 1. The zero-order valence-electron chi connectivity index (χ0n) is 14.6. The molecule has 0 atom stereocenters. The molecule has 0 N–H and O–H groups in total. The summed E-state index contributed by atoms with van der Waals surface area (Å²) < 4.78 is 52.6. The molecule has 0 aliphatic rings. The maximum Gasteiger partial charge on any atom is 0.419 e. The first-order valence-corrected chi connectivity index (χ1v) is 10.3. The molecular formula is C19H17F3I2O3. The summed E-state index contributed by atoms with van der Waals surface area (Å²) in [6.07, 6.45) is -3.83. The lowest BCUT2D eigenvalue weighted by Gasteiger charge is -2.18. The summed E-state index contributed by atoms with van der Waals surface area (Å²) in [7, 11) is 0. The second-order valence-corrected chi connectivity index (χ2v) is 7.95. The van der Waals surface area contributed by atoms with Gasteiger partial charge in [-0.3, -0.25) is 4.79 Å². The number of halogens is 5. The number of rotatable bonds is 6. The number of ether oxygens (including phenoxy) is 2. The van der Waals surface area contributed by atoms with Crippen molar-refractivity contribution in [2.45, 2.75) is 39.5 Å². The van der Waals surface area contributed by atoms with Gasteiger partial charge in [-0.25, -0.2) is 0 Å². The van der Waals surface area contributed by atoms with Crippen LogP contribution < -0.4 is 9.47 Å². The highest BCUT2D eigenvalue weighted by molar-refractivity contribution is 14.1. The number of esters is 1. The predicted molar refractivity (Wildman–Crippen MR) is 113 cm³/mol. The first kappa shape index (κ1) is 22.3. The highest BCUT2D eigenvalue weighted by atomic mass is 127. The largest absolute Gasteiger partial charge is 0.488 e. The van der Waals surface area contributed by atoms with Crippen LogP contribution in [-0.4, -0.2) is 5.97 Å². The highest BCUT2D eigenvalue weighted by Crippen LogP contribution is 2.39. The third-order valence-corrected chi connectivity index (χ3v) is 5.81. The van der Waals surface area contributed by atoms with Crippen molar-refractivity contribution in [3.05, 3.63) is 54.2 Å². The third-order valence-electron chi connectivity index (χ3n) is 3.80. The Balaban J connectivity index is 2.37. The molecule has 3 nitrogen and oxygen atoms in total. The quantitative estimate of drug-likeness (QED) is 0.219. The first-order valence-electron chi connectivity index (χ1n) is 8.17. The standard InChI is InChI=1S/C19H17F3I2O3/c1-3-11-8-13(19(20,21)22)17(9-15(11)24)26-10-12-14(23)6-5-7-16(12)27-18(25)4-2/h5-9H,3-4,10H2,1-2H3. The molecule has 0 aliphatic heterocycles. The van der Waals surface area contributed by atoms with Gasteiger partial charge in [-0.1, -0.05) is 19.9 Å². The van der Waals surface area contributed by atoms with Gasteiger partial charge < -0.3 is 9.47 Å². The molecule has 2 aromatic rings. The minimum Gasteiger partial charge on any atom is -0.488 e. The van der Waals surface area contributed by atoms with E-state index in [1.54, 1.807) is 32.0 Å². The molecule has 8 heteroatoms. The van der Waals surface area contributed by atoms with Crippen molar-refractivity contribution in [1.82, 2.24) is 0 Å². The normalized spacial score (nSPS) is 11.4. The molecule has 0 aromatic heterocycles. The lowest BCUT2D eigenvalue weighted by molar-refractivity contribution is -0.139. The van der Waals surface area contributed by atoms with Crippen LogP contribution in [0, 0.1) is 7.14 Å².